The topological polar surface area (TPSA) is 140 Å². The van der Waals surface area contributed by atoms with Gasteiger partial charge in [-0.25, -0.2) is 9.97 Å². The standard InChI is InChI=1S/C29H40N8O2.4FH/c38-28(14-12-26-34-22-8-1-2-9-23(22)35-26)32-20-6-18-30-16-5-17-31-19-7-21-33-29(39)15-13-27-36-24-10-3-4-11-25(24)37-27;;;;/h1-4,8-11,30-31H,5-7,12-21H2,(H,32,38)(H,33,39)(H,34,35)(H,36,37);4*1H. The summed E-state index contributed by atoms with van der Waals surface area (Å²) < 4.78 is 0. The van der Waals surface area contributed by atoms with Gasteiger partial charge in [0.05, 0.1) is 22.1 Å². The Morgan fingerprint density at radius 2 is 0.930 bits per heavy atom. The summed E-state index contributed by atoms with van der Waals surface area (Å²) in [5.74, 6) is 1.81. The molecule has 0 spiro atoms. The minimum Gasteiger partial charge on any atom is -0.356 e. The lowest BCUT2D eigenvalue weighted by Crippen LogP contribution is -2.29. The second kappa shape index (κ2) is 21.6. The summed E-state index contributed by atoms with van der Waals surface area (Å²) in [5.41, 5.74) is 3.88. The monoisotopic (exact) mass is 612 g/mol. The van der Waals surface area contributed by atoms with E-state index >= 15 is 0 Å². The predicted molar refractivity (Wildman–Crippen MR) is 164 cm³/mol. The highest BCUT2D eigenvalue weighted by Gasteiger charge is 2.07. The van der Waals surface area contributed by atoms with Crippen molar-refractivity contribution in [2.45, 2.75) is 44.9 Å². The lowest BCUT2D eigenvalue weighted by Gasteiger charge is -2.08. The molecule has 0 bridgehead atoms. The number of para-hydroxylation sites is 4. The van der Waals surface area contributed by atoms with Crippen LogP contribution in [0.2, 0.25) is 0 Å². The van der Waals surface area contributed by atoms with Crippen molar-refractivity contribution < 1.29 is 28.4 Å². The van der Waals surface area contributed by atoms with Gasteiger partial charge in [0.25, 0.3) is 0 Å². The maximum atomic E-state index is 12.1. The van der Waals surface area contributed by atoms with Crippen molar-refractivity contribution >= 4 is 33.9 Å². The van der Waals surface area contributed by atoms with E-state index in [-0.39, 0.29) is 30.6 Å². The predicted octanol–water partition coefficient (Wildman–Crippen LogP) is 3.20. The van der Waals surface area contributed by atoms with Crippen LogP contribution < -0.4 is 21.3 Å². The molecule has 0 saturated carbocycles. The number of aryl methyl sites for hydroxylation is 2. The number of hydrogen-bond acceptors (Lipinski definition) is 6. The van der Waals surface area contributed by atoms with Gasteiger partial charge in [-0.2, -0.15) is 0 Å². The van der Waals surface area contributed by atoms with E-state index < -0.39 is 0 Å². The number of aromatic nitrogens is 4. The van der Waals surface area contributed by atoms with Crippen LogP contribution in [0.1, 0.15) is 43.8 Å². The van der Waals surface area contributed by atoms with Crippen LogP contribution >= 0.6 is 0 Å². The Bertz CT molecular complexity index is 1170. The fraction of sp³-hybridized carbons (Fsp3) is 0.448. The zero-order valence-corrected chi connectivity index (χ0v) is 24.2. The molecule has 6 N–H and O–H groups in total. The van der Waals surface area contributed by atoms with E-state index in [0.29, 0.717) is 38.8 Å². The second-order valence-electron chi connectivity index (χ2n) is 9.66. The van der Waals surface area contributed by atoms with E-state index in [9.17, 15) is 9.59 Å². The van der Waals surface area contributed by atoms with Gasteiger partial charge in [0.15, 0.2) is 0 Å². The van der Waals surface area contributed by atoms with Crippen molar-refractivity contribution in [1.82, 2.24) is 41.2 Å². The number of halogens is 4. The molecular weight excluding hydrogens is 568 g/mol. The highest BCUT2D eigenvalue weighted by Crippen LogP contribution is 2.12. The van der Waals surface area contributed by atoms with Crippen LogP contribution in [0, 0.1) is 0 Å². The normalized spacial score (nSPS) is 10.2. The molecule has 0 aliphatic carbocycles. The van der Waals surface area contributed by atoms with E-state index in [1.54, 1.807) is 0 Å². The molecule has 0 saturated heterocycles. The second-order valence-corrected chi connectivity index (χ2v) is 9.66. The largest absolute Gasteiger partial charge is 0.356 e. The van der Waals surface area contributed by atoms with Gasteiger partial charge in [0.1, 0.15) is 11.6 Å². The number of carbonyl (C=O) groups is 2. The molecule has 0 aliphatic heterocycles. The van der Waals surface area contributed by atoms with Gasteiger partial charge >= 0.3 is 0 Å². The zero-order chi connectivity index (χ0) is 27.1. The Labute approximate surface area is 248 Å². The fourth-order valence-electron chi connectivity index (χ4n) is 4.36. The summed E-state index contributed by atoms with van der Waals surface area (Å²) >= 11 is 0. The zero-order valence-electron chi connectivity index (χ0n) is 24.2. The fourth-order valence-corrected chi connectivity index (χ4v) is 4.36. The summed E-state index contributed by atoms with van der Waals surface area (Å²) in [5, 5.41) is 12.8. The molecule has 0 unspecified atom stereocenters. The minimum atomic E-state index is 0. The van der Waals surface area contributed by atoms with Crippen molar-refractivity contribution in [1.29, 1.82) is 0 Å². The van der Waals surface area contributed by atoms with Gasteiger partial charge in [0, 0.05) is 38.8 Å². The van der Waals surface area contributed by atoms with Gasteiger partial charge < -0.3 is 31.2 Å². The molecule has 2 amide bonds. The third-order valence-electron chi connectivity index (χ3n) is 6.47. The maximum Gasteiger partial charge on any atom is 0.220 e. The number of imidazole rings is 2. The van der Waals surface area contributed by atoms with Gasteiger partial charge in [-0.15, -0.1) is 0 Å². The van der Waals surface area contributed by atoms with Crippen LogP contribution in [0.5, 0.6) is 0 Å². The van der Waals surface area contributed by atoms with Crippen LogP contribution in [-0.2, 0) is 22.4 Å². The number of H-pyrrole nitrogens is 2. The highest BCUT2D eigenvalue weighted by atomic mass is 19.0. The summed E-state index contributed by atoms with van der Waals surface area (Å²) in [6.07, 6.45) is 4.94. The average molecular weight is 613 g/mol. The molecule has 240 valence electrons. The third kappa shape index (κ3) is 13.7. The van der Waals surface area contributed by atoms with Crippen LogP contribution in [0.15, 0.2) is 48.5 Å². The summed E-state index contributed by atoms with van der Waals surface area (Å²) in [7, 11) is 0. The number of fused-ring (bicyclic) bond motifs is 2. The molecule has 4 aromatic rings. The van der Waals surface area contributed by atoms with Gasteiger partial charge in [-0.05, 0) is 69.7 Å². The summed E-state index contributed by atoms with van der Waals surface area (Å²) in [6, 6.07) is 15.8. The number of amides is 2. The Balaban J connectivity index is 0.00000441. The molecule has 0 radical (unpaired) electrons. The molecule has 43 heavy (non-hydrogen) atoms. The van der Waals surface area contributed by atoms with Gasteiger partial charge in [-0.3, -0.25) is 28.4 Å². The highest BCUT2D eigenvalue weighted by molar-refractivity contribution is 5.78. The number of benzene rings is 2. The molecule has 14 heteroatoms. The van der Waals surface area contributed by atoms with E-state index in [1.807, 2.05) is 48.5 Å². The Morgan fingerprint density at radius 1 is 0.558 bits per heavy atom. The van der Waals surface area contributed by atoms with Crippen molar-refractivity contribution in [3.05, 3.63) is 60.2 Å². The van der Waals surface area contributed by atoms with Crippen LogP contribution in [0.4, 0.5) is 18.8 Å². The number of aromatic amines is 2. The van der Waals surface area contributed by atoms with E-state index in [0.717, 1.165) is 79.2 Å². The molecule has 10 nitrogen and oxygen atoms in total. The summed E-state index contributed by atoms with van der Waals surface area (Å²) in [6.45, 7) is 4.98. The number of hydrogen-bond donors (Lipinski definition) is 6. The van der Waals surface area contributed by atoms with Crippen LogP contribution in [-0.4, -0.2) is 71.0 Å². The molecule has 0 aliphatic rings. The molecule has 0 fully saturated rings. The lowest BCUT2D eigenvalue weighted by atomic mass is 10.3. The smallest absolute Gasteiger partial charge is 0.220 e. The number of carbonyl (C=O) groups excluding carboxylic acids is 2. The lowest BCUT2D eigenvalue weighted by molar-refractivity contribution is -0.121. The van der Waals surface area contributed by atoms with Crippen LogP contribution in [0.3, 0.4) is 0 Å². The molecule has 2 heterocycles. The molecule has 2 aromatic heterocycles. The van der Waals surface area contributed by atoms with E-state index in [1.165, 1.54) is 0 Å². The maximum absolute atomic E-state index is 12.1. The first-order valence-corrected chi connectivity index (χ1v) is 14.0. The van der Waals surface area contributed by atoms with E-state index in [4.69, 9.17) is 0 Å². The van der Waals surface area contributed by atoms with Crippen molar-refractivity contribution in [3.8, 4) is 0 Å². The van der Waals surface area contributed by atoms with Gasteiger partial charge in [-0.1, -0.05) is 24.3 Å². The van der Waals surface area contributed by atoms with Crippen molar-refractivity contribution in [3.63, 3.8) is 0 Å². The molecular formula is C29H44F4N8O2. The third-order valence-corrected chi connectivity index (χ3v) is 6.47. The first kappa shape index (κ1) is 39.0. The Morgan fingerprint density at radius 3 is 1.33 bits per heavy atom. The molecule has 4 rings (SSSR count). The quantitative estimate of drug-likeness (QED) is 0.0754. The molecule has 0 atom stereocenters. The Kier molecular flexibility index (Phi) is 19.6. The first-order valence-electron chi connectivity index (χ1n) is 14.0. The average Bonchev–Trinajstić information content (AvgIpc) is 3.56. The Hall–Kier alpha value is -4.04. The van der Waals surface area contributed by atoms with Gasteiger partial charge in [0.2, 0.25) is 11.8 Å². The van der Waals surface area contributed by atoms with Crippen molar-refractivity contribution in [2.24, 2.45) is 0 Å². The van der Waals surface area contributed by atoms with Crippen LogP contribution in [0.25, 0.3) is 22.1 Å². The minimum absolute atomic E-state index is 0. The van der Waals surface area contributed by atoms with Crippen molar-refractivity contribution in [2.75, 3.05) is 39.3 Å². The number of nitrogens with one attached hydrogen (secondary N) is 6. The summed E-state index contributed by atoms with van der Waals surface area (Å²) in [4.78, 5) is 39.7. The number of rotatable bonds is 18. The number of nitrogens with zero attached hydrogens (tertiary/aromatic N) is 2. The first-order chi connectivity index (χ1) is 19.2. The molecule has 2 aromatic carbocycles. The van der Waals surface area contributed by atoms with E-state index in [2.05, 4.69) is 41.2 Å². The SMILES string of the molecule is F.F.F.F.O=C(CCc1nc2ccccc2[nH]1)NCCCNCCCNCCCNC(=O)CCc1nc2ccccc2[nH]1.